The highest BCUT2D eigenvalue weighted by molar-refractivity contribution is 5.97. The van der Waals surface area contributed by atoms with E-state index >= 15 is 0 Å². The Morgan fingerprint density at radius 3 is 2.53 bits per heavy atom. The van der Waals surface area contributed by atoms with Gasteiger partial charge in [0.25, 0.3) is 0 Å². The molecule has 2 amide bonds. The summed E-state index contributed by atoms with van der Waals surface area (Å²) in [6.45, 7) is 0.430. The van der Waals surface area contributed by atoms with E-state index in [-0.39, 0.29) is 24.4 Å². The zero-order chi connectivity index (χ0) is 24.6. The largest absolute Gasteiger partial charge is 0.496 e. The summed E-state index contributed by atoms with van der Waals surface area (Å²) in [6, 6.07) is 25.5. The molecule has 4 aromatic rings. The van der Waals surface area contributed by atoms with Gasteiger partial charge in [-0.1, -0.05) is 66.7 Å². The second kappa shape index (κ2) is 9.19. The Kier molecular flexibility index (Phi) is 5.72. The Morgan fingerprint density at radius 1 is 0.944 bits per heavy atom. The van der Waals surface area contributed by atoms with E-state index in [9.17, 15) is 9.59 Å². The Balaban J connectivity index is 1.36. The number of aromatic nitrogens is 1. The molecule has 0 unspecified atom stereocenters. The lowest BCUT2D eigenvalue weighted by Gasteiger charge is -2.47. The van der Waals surface area contributed by atoms with Crippen LogP contribution in [0.4, 0.5) is 0 Å². The highest BCUT2D eigenvalue weighted by Gasteiger charge is 2.47. The number of piperazine rings is 1. The number of nitrogens with one attached hydrogen (secondary N) is 1. The fraction of sp³-hybridized carbons (Fsp3) is 0.267. The fourth-order valence-corrected chi connectivity index (χ4v) is 5.87. The van der Waals surface area contributed by atoms with Crippen LogP contribution in [0.5, 0.6) is 5.75 Å². The monoisotopic (exact) mass is 479 g/mol. The minimum atomic E-state index is -0.506. The Hall–Kier alpha value is -4.06. The molecule has 0 spiro atoms. The summed E-state index contributed by atoms with van der Waals surface area (Å²) in [4.78, 5) is 34.7. The lowest BCUT2D eigenvalue weighted by atomic mass is 9.86. The van der Waals surface area contributed by atoms with Crippen molar-refractivity contribution in [1.82, 2.24) is 14.8 Å². The van der Waals surface area contributed by atoms with E-state index < -0.39 is 6.04 Å². The van der Waals surface area contributed by atoms with E-state index in [1.54, 1.807) is 12.0 Å². The van der Waals surface area contributed by atoms with Crippen LogP contribution < -0.4 is 4.74 Å². The van der Waals surface area contributed by atoms with E-state index in [0.717, 1.165) is 46.3 Å². The molecule has 0 radical (unpaired) electrons. The first-order valence-corrected chi connectivity index (χ1v) is 12.5. The van der Waals surface area contributed by atoms with Gasteiger partial charge in [-0.15, -0.1) is 0 Å². The summed E-state index contributed by atoms with van der Waals surface area (Å²) in [5.41, 5.74) is 5.41. The first-order valence-electron chi connectivity index (χ1n) is 12.5. The number of amides is 2. The van der Waals surface area contributed by atoms with Crippen LogP contribution in [0.3, 0.4) is 0 Å². The van der Waals surface area contributed by atoms with Crippen molar-refractivity contribution in [2.45, 2.75) is 37.9 Å². The van der Waals surface area contributed by atoms with E-state index in [2.05, 4.69) is 29.2 Å². The molecule has 0 aliphatic carbocycles. The number of rotatable bonds is 6. The van der Waals surface area contributed by atoms with Gasteiger partial charge in [0.2, 0.25) is 11.8 Å². The number of para-hydroxylation sites is 2. The first kappa shape index (κ1) is 22.4. The molecular weight excluding hydrogens is 450 g/mol. The lowest BCUT2D eigenvalue weighted by molar-refractivity contribution is -0.160. The molecule has 3 aromatic carbocycles. The van der Waals surface area contributed by atoms with E-state index in [1.165, 1.54) is 5.56 Å². The van der Waals surface area contributed by atoms with Gasteiger partial charge in [0.15, 0.2) is 0 Å². The van der Waals surface area contributed by atoms with Crippen LogP contribution in [0, 0.1) is 0 Å². The topological polar surface area (TPSA) is 65.6 Å². The number of nitrogens with zero attached hydrogens (tertiary/aromatic N) is 2. The van der Waals surface area contributed by atoms with Gasteiger partial charge >= 0.3 is 0 Å². The van der Waals surface area contributed by atoms with Gasteiger partial charge in [0.05, 0.1) is 13.2 Å². The number of H-pyrrole nitrogens is 1. The lowest BCUT2D eigenvalue weighted by Crippen LogP contribution is -2.62. The van der Waals surface area contributed by atoms with Crippen LogP contribution in [-0.2, 0) is 29.0 Å². The van der Waals surface area contributed by atoms with Crippen LogP contribution in [-0.4, -0.2) is 46.3 Å². The third-order valence-corrected chi connectivity index (χ3v) is 7.56. The molecule has 2 aliphatic rings. The third kappa shape index (κ3) is 3.83. The minimum absolute atomic E-state index is 0.00106. The molecule has 1 saturated heterocycles. The number of ether oxygens (including phenoxy) is 1. The van der Waals surface area contributed by atoms with Crippen LogP contribution in [0.25, 0.3) is 10.9 Å². The number of hydrogen-bond donors (Lipinski definition) is 1. The fourth-order valence-electron chi connectivity index (χ4n) is 5.87. The second-order valence-corrected chi connectivity index (χ2v) is 9.63. The van der Waals surface area contributed by atoms with Gasteiger partial charge in [-0.25, -0.2) is 0 Å². The molecular formula is C30H29N3O3. The smallest absolute Gasteiger partial charge is 0.246 e. The van der Waals surface area contributed by atoms with Crippen molar-refractivity contribution in [1.29, 1.82) is 0 Å². The summed E-state index contributed by atoms with van der Waals surface area (Å²) in [5.74, 6) is 0.724. The average Bonchev–Trinajstić information content (AvgIpc) is 3.29. The standard InChI is InChI=1S/C30H29N3O3/c1-36-27-14-8-5-11-21(27)18-32-19-28(34)33-25(16-15-20-9-3-2-4-10-20)29-23(17-26(33)30(32)35)22-12-6-7-13-24(22)31-29/h2-14,25-26,31H,15-19H2,1H3/t25-,26-/m0/s1. The van der Waals surface area contributed by atoms with Gasteiger partial charge in [-0.2, -0.15) is 0 Å². The molecule has 1 fully saturated rings. The summed E-state index contributed by atoms with van der Waals surface area (Å²) < 4.78 is 5.49. The SMILES string of the molecule is COc1ccccc1CN1CC(=O)N2[C@@H](Cc3c([nH]c4ccccc34)[C@@H]2CCc2ccccc2)C1=O. The maximum Gasteiger partial charge on any atom is 0.246 e. The molecule has 36 heavy (non-hydrogen) atoms. The number of aromatic amines is 1. The molecule has 2 atom stereocenters. The zero-order valence-corrected chi connectivity index (χ0v) is 20.3. The molecule has 3 heterocycles. The van der Waals surface area contributed by atoms with Gasteiger partial charge in [0, 0.05) is 35.1 Å². The molecule has 0 bridgehead atoms. The average molecular weight is 480 g/mol. The van der Waals surface area contributed by atoms with Gasteiger partial charge in [-0.05, 0) is 36.1 Å². The predicted molar refractivity (Wildman–Crippen MR) is 139 cm³/mol. The summed E-state index contributed by atoms with van der Waals surface area (Å²) in [5, 5.41) is 1.14. The molecule has 2 aliphatic heterocycles. The normalized spacial score (nSPS) is 19.4. The zero-order valence-electron chi connectivity index (χ0n) is 20.3. The summed E-state index contributed by atoms with van der Waals surface area (Å²) in [7, 11) is 1.63. The van der Waals surface area contributed by atoms with Gasteiger partial charge in [0.1, 0.15) is 18.3 Å². The van der Waals surface area contributed by atoms with Crippen molar-refractivity contribution in [3.63, 3.8) is 0 Å². The molecule has 182 valence electrons. The Bertz CT molecular complexity index is 1430. The maximum absolute atomic E-state index is 13.9. The van der Waals surface area contributed by atoms with E-state index in [0.29, 0.717) is 13.0 Å². The van der Waals surface area contributed by atoms with Gasteiger partial charge in [-0.3, -0.25) is 9.59 Å². The van der Waals surface area contributed by atoms with Crippen molar-refractivity contribution < 1.29 is 14.3 Å². The third-order valence-electron chi connectivity index (χ3n) is 7.56. The predicted octanol–water partition coefficient (Wildman–Crippen LogP) is 4.65. The molecule has 6 rings (SSSR count). The van der Waals surface area contributed by atoms with Crippen molar-refractivity contribution in [2.24, 2.45) is 0 Å². The molecule has 1 N–H and O–H groups in total. The maximum atomic E-state index is 13.9. The van der Waals surface area contributed by atoms with Crippen LogP contribution in [0.2, 0.25) is 0 Å². The summed E-state index contributed by atoms with van der Waals surface area (Å²) >= 11 is 0. The van der Waals surface area contributed by atoms with Crippen LogP contribution >= 0.6 is 0 Å². The molecule has 6 heteroatoms. The van der Waals surface area contributed by atoms with Crippen LogP contribution in [0.1, 0.15) is 34.8 Å². The van der Waals surface area contributed by atoms with Gasteiger partial charge < -0.3 is 19.5 Å². The second-order valence-electron chi connectivity index (χ2n) is 9.63. The highest BCUT2D eigenvalue weighted by Crippen LogP contribution is 2.41. The van der Waals surface area contributed by atoms with Crippen molar-refractivity contribution in [3.05, 3.63) is 101 Å². The van der Waals surface area contributed by atoms with E-state index in [4.69, 9.17) is 4.74 Å². The minimum Gasteiger partial charge on any atom is -0.496 e. The number of fused-ring (bicyclic) bond motifs is 4. The quantitative estimate of drug-likeness (QED) is 0.438. The van der Waals surface area contributed by atoms with Crippen molar-refractivity contribution in [3.8, 4) is 5.75 Å². The molecule has 1 aromatic heterocycles. The number of carbonyl (C=O) groups is 2. The van der Waals surface area contributed by atoms with Crippen molar-refractivity contribution >= 4 is 22.7 Å². The number of aryl methyl sites for hydroxylation is 1. The molecule has 0 saturated carbocycles. The Morgan fingerprint density at radius 2 is 1.69 bits per heavy atom. The highest BCUT2D eigenvalue weighted by atomic mass is 16.5. The van der Waals surface area contributed by atoms with Crippen molar-refractivity contribution in [2.75, 3.05) is 13.7 Å². The number of methoxy groups -OCH3 is 1. The number of benzene rings is 3. The number of carbonyl (C=O) groups excluding carboxylic acids is 2. The van der Waals surface area contributed by atoms with E-state index in [1.807, 2.05) is 59.5 Å². The first-order chi connectivity index (χ1) is 17.6. The Labute approximate surface area is 210 Å². The van der Waals surface area contributed by atoms with Crippen LogP contribution in [0.15, 0.2) is 78.9 Å². The number of hydrogen-bond acceptors (Lipinski definition) is 3. The summed E-state index contributed by atoms with van der Waals surface area (Å²) in [6.07, 6.45) is 2.11. The molecule has 6 nitrogen and oxygen atoms in total.